The summed E-state index contributed by atoms with van der Waals surface area (Å²) in [6.07, 6.45) is 9.30. The van der Waals surface area contributed by atoms with E-state index in [9.17, 15) is 29.1 Å². The molecule has 4 aliphatic rings. The van der Waals surface area contributed by atoms with Crippen molar-refractivity contribution >= 4 is 40.7 Å². The van der Waals surface area contributed by atoms with Crippen molar-refractivity contribution in [1.82, 2.24) is 25.1 Å². The number of carbonyl (C=O) groups is 5. The Hall–Kier alpha value is -4.22. The molecule has 4 heterocycles. The second-order valence-corrected chi connectivity index (χ2v) is 14.3. The summed E-state index contributed by atoms with van der Waals surface area (Å²) in [6.45, 7) is 6.17. The lowest BCUT2D eigenvalue weighted by molar-refractivity contribution is -0.159. The van der Waals surface area contributed by atoms with E-state index < -0.39 is 40.9 Å². The number of rotatable bonds is 4. The number of nitrogens with zero attached hydrogens (tertiary/aromatic N) is 3. The Kier molecular flexibility index (Phi) is 8.41. The van der Waals surface area contributed by atoms with Gasteiger partial charge in [-0.05, 0) is 64.7 Å². The van der Waals surface area contributed by atoms with Crippen molar-refractivity contribution in [3.05, 3.63) is 42.2 Å². The summed E-state index contributed by atoms with van der Waals surface area (Å²) in [6, 6.07) is 4.29. The predicted molar refractivity (Wildman–Crippen MR) is 167 cm³/mol. The molecule has 6 rings (SSSR count). The fourth-order valence-corrected chi connectivity index (χ4v) is 7.50. The van der Waals surface area contributed by atoms with Gasteiger partial charge in [0.2, 0.25) is 11.8 Å². The van der Waals surface area contributed by atoms with E-state index in [1.807, 2.05) is 12.2 Å². The van der Waals surface area contributed by atoms with E-state index >= 15 is 0 Å². The molecule has 0 radical (unpaired) electrons. The number of likely N-dealkylation sites (tertiary alicyclic amines) is 1. The smallest absolute Gasteiger partial charge is 0.330 e. The van der Waals surface area contributed by atoms with Crippen LogP contribution in [0.4, 0.5) is 0 Å². The number of aromatic nitrogens is 2. The van der Waals surface area contributed by atoms with Gasteiger partial charge < -0.3 is 29.9 Å². The van der Waals surface area contributed by atoms with Crippen molar-refractivity contribution in [1.29, 1.82) is 0 Å². The molecule has 3 aliphatic heterocycles. The van der Waals surface area contributed by atoms with E-state index in [1.54, 1.807) is 55.1 Å². The molecule has 246 valence electrons. The maximum atomic E-state index is 14.3. The molecule has 6 atom stereocenters. The number of hydrogen-bond donors (Lipinski definition) is 3. The zero-order valence-electron chi connectivity index (χ0n) is 26.7. The zero-order chi connectivity index (χ0) is 32.8. The van der Waals surface area contributed by atoms with Crippen LogP contribution in [0.25, 0.3) is 11.0 Å². The molecule has 3 amide bonds. The van der Waals surface area contributed by atoms with Crippen LogP contribution in [0.15, 0.2) is 36.7 Å². The highest BCUT2D eigenvalue weighted by molar-refractivity contribution is 5.98. The lowest BCUT2D eigenvalue weighted by Gasteiger charge is -2.32. The molecule has 46 heavy (non-hydrogen) atoms. The molecule has 1 aliphatic carbocycles. The summed E-state index contributed by atoms with van der Waals surface area (Å²) in [4.78, 5) is 78.0. The van der Waals surface area contributed by atoms with Gasteiger partial charge in [0, 0.05) is 48.9 Å². The second kappa shape index (κ2) is 12.2. The Bertz CT molecular complexity index is 1580. The van der Waals surface area contributed by atoms with Gasteiger partial charge in [-0.25, -0.2) is 9.78 Å². The first-order valence-electron chi connectivity index (χ1n) is 16.3. The maximum absolute atomic E-state index is 14.3. The Labute approximate surface area is 267 Å². The summed E-state index contributed by atoms with van der Waals surface area (Å²) in [7, 11) is 0. The number of ether oxygens (including phenoxy) is 1. The van der Waals surface area contributed by atoms with Crippen molar-refractivity contribution in [2.75, 3.05) is 19.6 Å². The standard InChI is InChI=1S/C34H43N5O7/c1-33(2,3)46-27(40)14-20-9-7-5-4-6-8-10-23-15-34(23,32(44)45)37-29(41)28-24-18-38(16-22(24)17-39(28)31(20)43)30(42)21-11-12-25-26(13-21)36-19-35-25/h8,10-13,19-20,22-24,28H,4-7,9,14-18H2,1-3H3,(H,35,36)(H,37,41)(H,44,45)/b10-8-/t20-,22-,23+,24-,28-,34+/m0/s1. The van der Waals surface area contributed by atoms with Gasteiger partial charge in [0.1, 0.15) is 17.2 Å². The summed E-state index contributed by atoms with van der Waals surface area (Å²) >= 11 is 0. The van der Waals surface area contributed by atoms with Gasteiger partial charge in [-0.15, -0.1) is 0 Å². The van der Waals surface area contributed by atoms with Gasteiger partial charge in [0.05, 0.1) is 23.8 Å². The molecule has 1 aromatic heterocycles. The Morgan fingerprint density at radius 1 is 1.11 bits per heavy atom. The van der Waals surface area contributed by atoms with Crippen molar-refractivity contribution in [2.45, 2.75) is 82.9 Å². The van der Waals surface area contributed by atoms with Crippen LogP contribution in [0.2, 0.25) is 0 Å². The molecule has 2 saturated heterocycles. The number of carboxylic acids is 1. The number of esters is 1. The summed E-state index contributed by atoms with van der Waals surface area (Å²) in [5.41, 5.74) is -0.150. The number of imidazole rings is 1. The Balaban J connectivity index is 1.28. The van der Waals surface area contributed by atoms with Crippen LogP contribution in [0.5, 0.6) is 0 Å². The summed E-state index contributed by atoms with van der Waals surface area (Å²) in [5.74, 6) is -4.16. The first-order valence-corrected chi connectivity index (χ1v) is 16.3. The molecule has 0 bridgehead atoms. The SMILES string of the molecule is CC(C)(C)OC(=O)C[C@@H]1CCCCC/C=C\[C@@H]2C[C@@]2(C(=O)O)NC(=O)[C@@H]2[C@H]3CN(C(=O)c4ccc5nc[nH]c5c4)C[C@H]3CN2C1=O. The normalized spacial score (nSPS) is 30.8. The molecule has 1 aromatic carbocycles. The molecule has 12 nitrogen and oxygen atoms in total. The van der Waals surface area contributed by atoms with E-state index in [1.165, 1.54) is 0 Å². The lowest BCUT2D eigenvalue weighted by Crippen LogP contribution is -2.56. The number of fused-ring (bicyclic) bond motifs is 5. The first-order chi connectivity index (χ1) is 21.9. The first kappa shape index (κ1) is 31.7. The number of amides is 3. The largest absolute Gasteiger partial charge is 0.479 e. The Morgan fingerprint density at radius 3 is 2.67 bits per heavy atom. The van der Waals surface area contributed by atoms with E-state index in [4.69, 9.17) is 4.74 Å². The van der Waals surface area contributed by atoms with Crippen LogP contribution in [-0.2, 0) is 23.9 Å². The zero-order valence-corrected chi connectivity index (χ0v) is 26.7. The number of carboxylic acid groups (broad SMARTS) is 1. The number of aliphatic carboxylic acids is 1. The summed E-state index contributed by atoms with van der Waals surface area (Å²) in [5, 5.41) is 13.0. The average molecular weight is 634 g/mol. The number of benzene rings is 1. The monoisotopic (exact) mass is 633 g/mol. The molecule has 1 saturated carbocycles. The molecule has 12 heteroatoms. The third kappa shape index (κ3) is 6.26. The summed E-state index contributed by atoms with van der Waals surface area (Å²) < 4.78 is 5.57. The van der Waals surface area contributed by atoms with Crippen molar-refractivity contribution in [3.8, 4) is 0 Å². The van der Waals surface area contributed by atoms with Gasteiger partial charge in [-0.3, -0.25) is 19.2 Å². The lowest BCUT2D eigenvalue weighted by atomic mass is 9.92. The molecule has 3 N–H and O–H groups in total. The number of nitrogens with one attached hydrogen (secondary N) is 2. The fraction of sp³-hybridized carbons (Fsp3) is 0.588. The van der Waals surface area contributed by atoms with E-state index in [-0.39, 0.29) is 55.5 Å². The molecular weight excluding hydrogens is 590 g/mol. The van der Waals surface area contributed by atoms with Gasteiger partial charge in [-0.1, -0.05) is 25.0 Å². The molecule has 2 aromatic rings. The third-order valence-corrected chi connectivity index (χ3v) is 9.89. The number of carbonyl (C=O) groups excluding carboxylic acids is 4. The topological polar surface area (TPSA) is 162 Å². The fourth-order valence-electron chi connectivity index (χ4n) is 7.50. The predicted octanol–water partition coefficient (Wildman–Crippen LogP) is 3.29. The van der Waals surface area contributed by atoms with Crippen LogP contribution >= 0.6 is 0 Å². The molecule has 3 fully saturated rings. The van der Waals surface area contributed by atoms with Gasteiger partial charge >= 0.3 is 11.9 Å². The Morgan fingerprint density at radius 2 is 1.91 bits per heavy atom. The highest BCUT2D eigenvalue weighted by Crippen LogP contribution is 2.46. The maximum Gasteiger partial charge on any atom is 0.330 e. The van der Waals surface area contributed by atoms with E-state index in [0.29, 0.717) is 18.5 Å². The number of allylic oxidation sites excluding steroid dienone is 1. The van der Waals surface area contributed by atoms with Crippen LogP contribution < -0.4 is 5.32 Å². The van der Waals surface area contributed by atoms with Crippen LogP contribution in [0.3, 0.4) is 0 Å². The molecule has 0 spiro atoms. The molecular formula is C34H43N5O7. The minimum absolute atomic E-state index is 0.0992. The third-order valence-electron chi connectivity index (χ3n) is 9.89. The number of hydrogen-bond acceptors (Lipinski definition) is 7. The quantitative estimate of drug-likeness (QED) is 0.341. The van der Waals surface area contributed by atoms with Crippen LogP contribution in [0.1, 0.15) is 76.1 Å². The van der Waals surface area contributed by atoms with Crippen molar-refractivity contribution < 1.29 is 33.8 Å². The second-order valence-electron chi connectivity index (χ2n) is 14.3. The number of H-pyrrole nitrogens is 1. The average Bonchev–Trinajstić information content (AvgIpc) is 3.30. The van der Waals surface area contributed by atoms with Crippen LogP contribution in [-0.4, -0.2) is 91.4 Å². The van der Waals surface area contributed by atoms with E-state index in [2.05, 4.69) is 15.3 Å². The van der Waals surface area contributed by atoms with Gasteiger partial charge in [-0.2, -0.15) is 0 Å². The minimum atomic E-state index is -1.43. The van der Waals surface area contributed by atoms with Crippen molar-refractivity contribution in [3.63, 3.8) is 0 Å². The van der Waals surface area contributed by atoms with Crippen LogP contribution in [0, 0.1) is 23.7 Å². The van der Waals surface area contributed by atoms with Gasteiger partial charge in [0.25, 0.3) is 5.91 Å². The van der Waals surface area contributed by atoms with E-state index in [0.717, 1.165) is 36.7 Å². The molecule has 0 unspecified atom stereocenters. The number of aromatic amines is 1. The highest BCUT2D eigenvalue weighted by atomic mass is 16.6. The van der Waals surface area contributed by atoms with Gasteiger partial charge in [0.15, 0.2) is 0 Å². The minimum Gasteiger partial charge on any atom is -0.479 e. The highest BCUT2D eigenvalue weighted by Gasteiger charge is 2.62. The van der Waals surface area contributed by atoms with Crippen molar-refractivity contribution in [2.24, 2.45) is 23.7 Å².